The van der Waals surface area contributed by atoms with E-state index >= 15 is 0 Å². The molecule has 1 aliphatic rings. The predicted octanol–water partition coefficient (Wildman–Crippen LogP) is 1.07. The van der Waals surface area contributed by atoms with Gasteiger partial charge >= 0.3 is 5.97 Å². The number of aromatic nitrogens is 2. The number of fused-ring (bicyclic) bond motifs is 1. The van der Waals surface area contributed by atoms with Crippen LogP contribution in [0.1, 0.15) is 21.6 Å². The molecule has 0 saturated heterocycles. The molecule has 1 aromatic heterocycles. The van der Waals surface area contributed by atoms with Crippen LogP contribution in [0, 0.1) is 0 Å². The minimum Gasteiger partial charge on any atom is -0.480 e. The molecule has 1 aromatic carbocycles. The van der Waals surface area contributed by atoms with Gasteiger partial charge in [-0.15, -0.1) is 0 Å². The minimum absolute atomic E-state index is 0.267. The molecule has 21 heavy (non-hydrogen) atoms. The van der Waals surface area contributed by atoms with Crippen molar-refractivity contribution in [1.29, 1.82) is 0 Å². The average molecular weight is 285 g/mol. The Hall–Kier alpha value is -2.63. The molecule has 6 heteroatoms. The van der Waals surface area contributed by atoms with Crippen molar-refractivity contribution in [2.75, 3.05) is 0 Å². The zero-order valence-electron chi connectivity index (χ0n) is 11.6. The van der Waals surface area contributed by atoms with Crippen LogP contribution in [0.15, 0.2) is 36.8 Å². The van der Waals surface area contributed by atoms with Crippen LogP contribution in [0.25, 0.3) is 0 Å². The van der Waals surface area contributed by atoms with Crippen LogP contribution in [0.4, 0.5) is 0 Å². The van der Waals surface area contributed by atoms with E-state index in [0.717, 1.165) is 11.1 Å². The highest BCUT2D eigenvalue weighted by Crippen LogP contribution is 2.24. The maximum Gasteiger partial charge on any atom is 0.326 e. The molecule has 2 heterocycles. The van der Waals surface area contributed by atoms with Gasteiger partial charge in [-0.3, -0.25) is 4.79 Å². The number of benzene rings is 1. The number of carbonyl (C=O) groups is 2. The fraction of sp³-hybridized carbons (Fsp3) is 0.267. The van der Waals surface area contributed by atoms with Crippen molar-refractivity contribution in [2.45, 2.75) is 19.0 Å². The van der Waals surface area contributed by atoms with Gasteiger partial charge in [0.05, 0.1) is 6.33 Å². The molecule has 1 N–H and O–H groups in total. The third kappa shape index (κ3) is 2.40. The van der Waals surface area contributed by atoms with Crippen LogP contribution >= 0.6 is 0 Å². The van der Waals surface area contributed by atoms with Crippen LogP contribution in [-0.2, 0) is 24.8 Å². The molecule has 0 fully saturated rings. The van der Waals surface area contributed by atoms with Gasteiger partial charge in [-0.2, -0.15) is 0 Å². The number of hydrogen-bond acceptors (Lipinski definition) is 3. The summed E-state index contributed by atoms with van der Waals surface area (Å²) in [5.41, 5.74) is 2.23. The fourth-order valence-corrected chi connectivity index (χ4v) is 2.63. The Bertz CT molecular complexity index is 708. The summed E-state index contributed by atoms with van der Waals surface area (Å²) in [7, 11) is 1.77. The van der Waals surface area contributed by atoms with Gasteiger partial charge in [-0.25, -0.2) is 9.78 Å². The molecule has 2 aromatic rings. The summed E-state index contributed by atoms with van der Waals surface area (Å²) < 4.78 is 1.67. The normalized spacial score (nSPS) is 17.4. The number of aryl methyl sites for hydroxylation is 1. The lowest BCUT2D eigenvalue weighted by molar-refractivity contribution is -0.142. The van der Waals surface area contributed by atoms with Crippen LogP contribution < -0.4 is 0 Å². The summed E-state index contributed by atoms with van der Waals surface area (Å²) in [6.45, 7) is 0.294. The van der Waals surface area contributed by atoms with Gasteiger partial charge in [-0.05, 0) is 11.1 Å². The van der Waals surface area contributed by atoms with Crippen LogP contribution in [-0.4, -0.2) is 37.5 Å². The largest absolute Gasteiger partial charge is 0.480 e. The fourth-order valence-electron chi connectivity index (χ4n) is 2.63. The SMILES string of the molecule is Cn1cnc(C(=O)N2Cc3ccccc3C[C@H]2C(=O)O)c1. The molecule has 0 spiro atoms. The first-order valence-corrected chi connectivity index (χ1v) is 6.65. The van der Waals surface area contributed by atoms with E-state index in [0.29, 0.717) is 13.0 Å². The summed E-state index contributed by atoms with van der Waals surface area (Å²) in [6.07, 6.45) is 3.45. The van der Waals surface area contributed by atoms with Gasteiger partial charge in [0.25, 0.3) is 5.91 Å². The monoisotopic (exact) mass is 285 g/mol. The second-order valence-corrected chi connectivity index (χ2v) is 5.18. The molecule has 6 nitrogen and oxygen atoms in total. The molecule has 0 aliphatic carbocycles. The van der Waals surface area contributed by atoms with Crippen LogP contribution in [0.2, 0.25) is 0 Å². The second kappa shape index (κ2) is 5.05. The quantitative estimate of drug-likeness (QED) is 0.895. The van der Waals surface area contributed by atoms with Crippen molar-refractivity contribution >= 4 is 11.9 Å². The molecular formula is C15H15N3O3. The van der Waals surface area contributed by atoms with Crippen molar-refractivity contribution in [3.05, 3.63) is 53.6 Å². The lowest BCUT2D eigenvalue weighted by Crippen LogP contribution is -2.48. The number of amides is 1. The Morgan fingerprint density at radius 2 is 2.00 bits per heavy atom. The zero-order chi connectivity index (χ0) is 15.0. The summed E-state index contributed by atoms with van der Waals surface area (Å²) in [4.78, 5) is 29.4. The first kappa shape index (κ1) is 13.4. The number of aliphatic carboxylic acids is 1. The van der Waals surface area contributed by atoms with E-state index in [1.54, 1.807) is 17.8 Å². The Morgan fingerprint density at radius 1 is 1.29 bits per heavy atom. The molecule has 3 rings (SSSR count). The van der Waals surface area contributed by atoms with Gasteiger partial charge in [-0.1, -0.05) is 24.3 Å². The van der Waals surface area contributed by atoms with Gasteiger partial charge in [0.1, 0.15) is 11.7 Å². The number of imidazole rings is 1. The van der Waals surface area contributed by atoms with E-state index in [-0.39, 0.29) is 11.6 Å². The number of hydrogen-bond donors (Lipinski definition) is 1. The molecule has 0 unspecified atom stereocenters. The van der Waals surface area contributed by atoms with Crippen molar-refractivity contribution < 1.29 is 14.7 Å². The Morgan fingerprint density at radius 3 is 2.62 bits per heavy atom. The summed E-state index contributed by atoms with van der Waals surface area (Å²) >= 11 is 0. The molecule has 1 aliphatic heterocycles. The lowest BCUT2D eigenvalue weighted by atomic mass is 9.94. The summed E-state index contributed by atoms with van der Waals surface area (Å²) in [5, 5.41) is 9.42. The Kier molecular flexibility index (Phi) is 3.21. The second-order valence-electron chi connectivity index (χ2n) is 5.18. The molecule has 1 atom stereocenters. The van der Waals surface area contributed by atoms with Crippen molar-refractivity contribution in [3.8, 4) is 0 Å². The van der Waals surface area contributed by atoms with Gasteiger partial charge in [0, 0.05) is 26.2 Å². The maximum absolute atomic E-state index is 12.5. The molecule has 1 amide bonds. The van der Waals surface area contributed by atoms with E-state index in [1.165, 1.54) is 11.2 Å². The van der Waals surface area contributed by atoms with E-state index in [2.05, 4.69) is 4.98 Å². The van der Waals surface area contributed by atoms with Crippen LogP contribution in [0.3, 0.4) is 0 Å². The Balaban J connectivity index is 1.96. The van der Waals surface area contributed by atoms with Crippen molar-refractivity contribution in [3.63, 3.8) is 0 Å². The molecule has 0 saturated carbocycles. The van der Waals surface area contributed by atoms with Crippen molar-refractivity contribution in [2.24, 2.45) is 7.05 Å². The average Bonchev–Trinajstić information content (AvgIpc) is 2.91. The van der Waals surface area contributed by atoms with E-state index in [1.807, 2.05) is 24.3 Å². The molecule has 108 valence electrons. The molecule has 0 radical (unpaired) electrons. The van der Waals surface area contributed by atoms with Crippen molar-refractivity contribution in [1.82, 2.24) is 14.5 Å². The number of carboxylic acids is 1. The topological polar surface area (TPSA) is 75.4 Å². The van der Waals surface area contributed by atoms with Gasteiger partial charge in [0.15, 0.2) is 0 Å². The van der Waals surface area contributed by atoms with Gasteiger partial charge < -0.3 is 14.6 Å². The highest BCUT2D eigenvalue weighted by atomic mass is 16.4. The maximum atomic E-state index is 12.5. The summed E-state index contributed by atoms with van der Waals surface area (Å²) in [5.74, 6) is -1.34. The van der Waals surface area contributed by atoms with Gasteiger partial charge in [0.2, 0.25) is 0 Å². The highest BCUT2D eigenvalue weighted by molar-refractivity contribution is 5.95. The lowest BCUT2D eigenvalue weighted by Gasteiger charge is -2.34. The standard InChI is InChI=1S/C15H15N3O3/c1-17-8-12(16-9-17)14(19)18-7-11-5-3-2-4-10(11)6-13(18)15(20)21/h2-5,8-9,13H,6-7H2,1H3,(H,20,21)/t13-/m0/s1. The zero-order valence-corrected chi connectivity index (χ0v) is 11.6. The highest BCUT2D eigenvalue weighted by Gasteiger charge is 2.35. The molecular weight excluding hydrogens is 270 g/mol. The van der Waals surface area contributed by atoms with E-state index < -0.39 is 12.0 Å². The molecule has 0 bridgehead atoms. The summed E-state index contributed by atoms with van der Waals surface area (Å²) in [6, 6.07) is 6.76. The predicted molar refractivity (Wildman–Crippen MR) is 74.7 cm³/mol. The number of carbonyl (C=O) groups excluding carboxylic acids is 1. The Labute approximate surface area is 121 Å². The van der Waals surface area contributed by atoms with E-state index in [9.17, 15) is 14.7 Å². The third-order valence-electron chi connectivity index (χ3n) is 3.72. The number of carboxylic acid groups (broad SMARTS) is 1. The third-order valence-corrected chi connectivity index (χ3v) is 3.72. The first-order valence-electron chi connectivity index (χ1n) is 6.65. The number of rotatable bonds is 2. The minimum atomic E-state index is -0.992. The van der Waals surface area contributed by atoms with E-state index in [4.69, 9.17) is 0 Å². The smallest absolute Gasteiger partial charge is 0.326 e. The first-order chi connectivity index (χ1) is 10.1. The number of nitrogens with zero attached hydrogens (tertiary/aromatic N) is 3. The van der Waals surface area contributed by atoms with Crippen LogP contribution in [0.5, 0.6) is 0 Å².